The standard InChI is InChI=1S/C12H20ClN3O/c1-17-7-6-16-12(10(13)8-15-16)9-4-2-3-5-11(9)14/h8-9,11H,2-7,14H2,1H3. The molecule has 1 saturated carbocycles. The molecule has 17 heavy (non-hydrogen) atoms. The molecule has 0 aliphatic heterocycles. The zero-order valence-corrected chi connectivity index (χ0v) is 11.0. The molecule has 0 saturated heterocycles. The third-order valence-corrected chi connectivity index (χ3v) is 3.80. The van der Waals surface area contributed by atoms with E-state index in [-0.39, 0.29) is 6.04 Å². The molecule has 4 nitrogen and oxygen atoms in total. The van der Waals surface area contributed by atoms with E-state index in [9.17, 15) is 0 Å². The van der Waals surface area contributed by atoms with Gasteiger partial charge >= 0.3 is 0 Å². The van der Waals surface area contributed by atoms with Crippen molar-refractivity contribution in [1.29, 1.82) is 0 Å². The van der Waals surface area contributed by atoms with E-state index in [0.717, 1.165) is 30.1 Å². The maximum absolute atomic E-state index is 6.24. The Morgan fingerprint density at radius 1 is 1.53 bits per heavy atom. The summed E-state index contributed by atoms with van der Waals surface area (Å²) in [6.07, 6.45) is 6.36. The molecule has 0 aromatic carbocycles. The molecule has 1 aliphatic rings. The van der Waals surface area contributed by atoms with Gasteiger partial charge in [-0.2, -0.15) is 5.10 Å². The van der Waals surface area contributed by atoms with Crippen LogP contribution in [0.25, 0.3) is 0 Å². The van der Waals surface area contributed by atoms with E-state index in [1.54, 1.807) is 13.3 Å². The molecular weight excluding hydrogens is 238 g/mol. The van der Waals surface area contributed by atoms with Crippen LogP contribution in [0.2, 0.25) is 5.02 Å². The number of nitrogens with two attached hydrogens (primary N) is 1. The van der Waals surface area contributed by atoms with Crippen LogP contribution in [0.5, 0.6) is 0 Å². The fourth-order valence-electron chi connectivity index (χ4n) is 2.60. The van der Waals surface area contributed by atoms with Crippen LogP contribution in [-0.2, 0) is 11.3 Å². The molecule has 2 N–H and O–H groups in total. The molecule has 1 aliphatic carbocycles. The second-order valence-corrected chi connectivity index (χ2v) is 5.06. The van der Waals surface area contributed by atoms with E-state index in [4.69, 9.17) is 22.1 Å². The molecule has 1 aromatic heterocycles. The largest absolute Gasteiger partial charge is 0.383 e. The third-order valence-electron chi connectivity index (χ3n) is 3.51. The minimum absolute atomic E-state index is 0.208. The van der Waals surface area contributed by atoms with Crippen molar-refractivity contribution in [3.05, 3.63) is 16.9 Å². The molecule has 5 heteroatoms. The minimum Gasteiger partial charge on any atom is -0.383 e. The van der Waals surface area contributed by atoms with Crippen LogP contribution >= 0.6 is 11.6 Å². The number of halogens is 1. The first-order valence-electron chi connectivity index (χ1n) is 6.19. The molecule has 2 unspecified atom stereocenters. The Morgan fingerprint density at radius 3 is 3.00 bits per heavy atom. The van der Waals surface area contributed by atoms with Crippen LogP contribution in [0.15, 0.2) is 6.20 Å². The van der Waals surface area contributed by atoms with E-state index >= 15 is 0 Å². The number of hydrogen-bond acceptors (Lipinski definition) is 3. The Kier molecular flexibility index (Phi) is 4.42. The van der Waals surface area contributed by atoms with Gasteiger partial charge in [0.25, 0.3) is 0 Å². The third kappa shape index (κ3) is 2.81. The van der Waals surface area contributed by atoms with E-state index in [1.165, 1.54) is 12.8 Å². The van der Waals surface area contributed by atoms with Crippen molar-refractivity contribution in [2.75, 3.05) is 13.7 Å². The molecule has 0 amide bonds. The zero-order chi connectivity index (χ0) is 12.3. The number of rotatable bonds is 4. The zero-order valence-electron chi connectivity index (χ0n) is 10.2. The maximum atomic E-state index is 6.24. The van der Waals surface area contributed by atoms with E-state index in [2.05, 4.69) is 5.10 Å². The number of aromatic nitrogens is 2. The van der Waals surface area contributed by atoms with Gasteiger partial charge in [0.2, 0.25) is 0 Å². The summed E-state index contributed by atoms with van der Waals surface area (Å²) in [4.78, 5) is 0. The Labute approximate surface area is 107 Å². The molecular formula is C12H20ClN3O. The predicted molar refractivity (Wildman–Crippen MR) is 68.3 cm³/mol. The van der Waals surface area contributed by atoms with Crippen molar-refractivity contribution in [3.8, 4) is 0 Å². The van der Waals surface area contributed by atoms with Gasteiger partial charge in [-0.25, -0.2) is 0 Å². The highest BCUT2D eigenvalue weighted by Crippen LogP contribution is 2.35. The summed E-state index contributed by atoms with van der Waals surface area (Å²) < 4.78 is 7.04. The van der Waals surface area contributed by atoms with Crippen molar-refractivity contribution in [1.82, 2.24) is 9.78 Å². The number of nitrogens with zero attached hydrogens (tertiary/aromatic N) is 2. The van der Waals surface area contributed by atoms with Crippen LogP contribution < -0.4 is 5.73 Å². The fraction of sp³-hybridized carbons (Fsp3) is 0.750. The minimum atomic E-state index is 0.208. The molecule has 0 spiro atoms. The van der Waals surface area contributed by atoms with Gasteiger partial charge in [-0.3, -0.25) is 4.68 Å². The molecule has 1 aromatic rings. The lowest BCUT2D eigenvalue weighted by molar-refractivity contribution is 0.181. The number of hydrogen-bond donors (Lipinski definition) is 1. The first-order chi connectivity index (χ1) is 8.24. The SMILES string of the molecule is COCCn1ncc(Cl)c1C1CCCCC1N. The Balaban J connectivity index is 2.19. The normalized spacial score (nSPS) is 25.1. The van der Waals surface area contributed by atoms with Gasteiger partial charge in [-0.1, -0.05) is 24.4 Å². The quantitative estimate of drug-likeness (QED) is 0.899. The van der Waals surface area contributed by atoms with Gasteiger partial charge in [0, 0.05) is 19.1 Å². The average molecular weight is 258 g/mol. The van der Waals surface area contributed by atoms with Gasteiger partial charge < -0.3 is 10.5 Å². The van der Waals surface area contributed by atoms with Crippen molar-refractivity contribution < 1.29 is 4.74 Å². The topological polar surface area (TPSA) is 53.1 Å². The summed E-state index contributed by atoms with van der Waals surface area (Å²) in [5, 5.41) is 5.05. The summed E-state index contributed by atoms with van der Waals surface area (Å²) in [5.74, 6) is 0.343. The van der Waals surface area contributed by atoms with Crippen molar-refractivity contribution in [3.63, 3.8) is 0 Å². The van der Waals surface area contributed by atoms with Gasteiger partial charge in [-0.15, -0.1) is 0 Å². The van der Waals surface area contributed by atoms with Gasteiger partial charge in [-0.05, 0) is 12.8 Å². The summed E-state index contributed by atoms with van der Waals surface area (Å²) in [7, 11) is 1.69. The van der Waals surface area contributed by atoms with Crippen LogP contribution in [0.3, 0.4) is 0 Å². The van der Waals surface area contributed by atoms with Crippen molar-refractivity contribution >= 4 is 11.6 Å². The smallest absolute Gasteiger partial charge is 0.0821 e. The second kappa shape index (κ2) is 5.85. The van der Waals surface area contributed by atoms with Gasteiger partial charge in [0.05, 0.1) is 30.1 Å². The molecule has 1 heterocycles. The van der Waals surface area contributed by atoms with Crippen molar-refractivity contribution in [2.24, 2.45) is 5.73 Å². The number of methoxy groups -OCH3 is 1. The summed E-state index contributed by atoms with van der Waals surface area (Å²) >= 11 is 6.24. The highest BCUT2D eigenvalue weighted by atomic mass is 35.5. The lowest BCUT2D eigenvalue weighted by Gasteiger charge is -2.29. The first-order valence-corrected chi connectivity index (χ1v) is 6.57. The Morgan fingerprint density at radius 2 is 2.29 bits per heavy atom. The Hall–Kier alpha value is -0.580. The van der Waals surface area contributed by atoms with E-state index in [1.807, 2.05) is 4.68 Å². The van der Waals surface area contributed by atoms with E-state index < -0.39 is 0 Å². The highest BCUT2D eigenvalue weighted by molar-refractivity contribution is 6.31. The molecule has 1 fully saturated rings. The van der Waals surface area contributed by atoms with E-state index in [0.29, 0.717) is 12.5 Å². The molecule has 2 rings (SSSR count). The molecule has 2 atom stereocenters. The second-order valence-electron chi connectivity index (χ2n) is 4.65. The summed E-state index contributed by atoms with van der Waals surface area (Å²) in [6, 6.07) is 0.208. The lowest BCUT2D eigenvalue weighted by atomic mass is 9.83. The lowest BCUT2D eigenvalue weighted by Crippen LogP contribution is -2.33. The van der Waals surface area contributed by atoms with Gasteiger partial charge in [0.1, 0.15) is 0 Å². The monoisotopic (exact) mass is 257 g/mol. The predicted octanol–water partition coefficient (Wildman–Crippen LogP) is 2.17. The molecule has 0 radical (unpaired) electrons. The van der Waals surface area contributed by atoms with Crippen LogP contribution in [-0.4, -0.2) is 29.5 Å². The fourth-order valence-corrected chi connectivity index (χ4v) is 2.88. The maximum Gasteiger partial charge on any atom is 0.0821 e. The molecule has 96 valence electrons. The highest BCUT2D eigenvalue weighted by Gasteiger charge is 2.28. The average Bonchev–Trinajstić information content (AvgIpc) is 2.69. The van der Waals surface area contributed by atoms with Gasteiger partial charge in [0.15, 0.2) is 0 Å². The number of ether oxygens (including phenoxy) is 1. The van der Waals surface area contributed by atoms with Crippen LogP contribution in [0.4, 0.5) is 0 Å². The van der Waals surface area contributed by atoms with Crippen molar-refractivity contribution in [2.45, 2.75) is 44.2 Å². The first kappa shape index (κ1) is 12.9. The van der Waals surface area contributed by atoms with Crippen LogP contribution in [0, 0.1) is 0 Å². The molecule has 0 bridgehead atoms. The summed E-state index contributed by atoms with van der Waals surface area (Å²) in [5.41, 5.74) is 7.30. The summed E-state index contributed by atoms with van der Waals surface area (Å²) in [6.45, 7) is 1.38. The Bertz CT molecular complexity index is 367. The van der Waals surface area contributed by atoms with Crippen LogP contribution in [0.1, 0.15) is 37.3 Å².